The molecule has 0 saturated carbocycles. The van der Waals surface area contributed by atoms with Gasteiger partial charge in [0.15, 0.2) is 16.7 Å². The normalized spacial score (nSPS) is 17.6. The van der Waals surface area contributed by atoms with Crippen molar-refractivity contribution < 1.29 is 19.5 Å². The van der Waals surface area contributed by atoms with E-state index in [1.807, 2.05) is 12.1 Å². The first-order valence-electron chi connectivity index (χ1n) is 10.6. The molecule has 4 aromatic rings. The zero-order valence-corrected chi connectivity index (χ0v) is 19.5. The quantitative estimate of drug-likeness (QED) is 0.206. The molecule has 5 rings (SSSR count). The minimum Gasteiger partial charge on any atom is -0.505 e. The highest BCUT2D eigenvalue weighted by atomic mass is 32.1. The Hall–Kier alpha value is -4.11. The van der Waals surface area contributed by atoms with Gasteiger partial charge in [-0.3, -0.25) is 23.7 Å². The van der Waals surface area contributed by atoms with Crippen LogP contribution in [0.2, 0.25) is 0 Å². The number of aromatic nitrogens is 3. The van der Waals surface area contributed by atoms with E-state index >= 15 is 0 Å². The molecule has 1 N–H and O–H groups in total. The zero-order valence-electron chi connectivity index (χ0n) is 18.6. The highest BCUT2D eigenvalue weighted by Gasteiger charge is 2.48. The van der Waals surface area contributed by atoms with E-state index in [4.69, 9.17) is 0 Å². The number of carbonyl (C=O) groups excluding carboxylic acids is 3. The molecule has 0 aliphatic carbocycles. The molecular weight excluding hydrogens is 452 g/mol. The maximum absolute atomic E-state index is 13.4. The topological polar surface area (TPSA) is 105 Å². The second kappa shape index (κ2) is 8.03. The van der Waals surface area contributed by atoms with Crippen molar-refractivity contribution in [2.75, 3.05) is 4.90 Å². The second-order valence-electron chi connectivity index (χ2n) is 8.02. The Morgan fingerprint density at radius 2 is 1.71 bits per heavy atom. The van der Waals surface area contributed by atoms with Gasteiger partial charge in [-0.25, -0.2) is 9.97 Å². The summed E-state index contributed by atoms with van der Waals surface area (Å²) in [4.78, 5) is 49.3. The van der Waals surface area contributed by atoms with E-state index in [1.54, 1.807) is 60.8 Å². The maximum atomic E-state index is 13.4. The third kappa shape index (κ3) is 3.24. The average Bonchev–Trinajstić information content (AvgIpc) is 3.45. The number of rotatable bonds is 4. The van der Waals surface area contributed by atoms with E-state index in [2.05, 4.69) is 9.97 Å². The Morgan fingerprint density at radius 1 is 1.00 bits per heavy atom. The van der Waals surface area contributed by atoms with Crippen molar-refractivity contribution >= 4 is 45.3 Å². The van der Waals surface area contributed by atoms with Gasteiger partial charge in [0.1, 0.15) is 11.3 Å². The number of anilines is 1. The molecule has 4 heterocycles. The van der Waals surface area contributed by atoms with Gasteiger partial charge in [0.2, 0.25) is 0 Å². The molecule has 3 aromatic heterocycles. The lowest BCUT2D eigenvalue weighted by Crippen LogP contribution is -2.29. The zero-order chi connectivity index (χ0) is 24.1. The van der Waals surface area contributed by atoms with Crippen molar-refractivity contribution in [3.63, 3.8) is 0 Å². The van der Waals surface area contributed by atoms with Crippen LogP contribution in [0.15, 0.2) is 60.3 Å². The molecule has 1 aliphatic rings. The van der Waals surface area contributed by atoms with Crippen molar-refractivity contribution in [1.29, 1.82) is 0 Å². The number of benzene rings is 1. The fraction of sp³-hybridized carbons (Fsp3) is 0.160. The molecule has 1 amide bonds. The Kier molecular flexibility index (Phi) is 5.13. The minimum atomic E-state index is -0.916. The lowest BCUT2D eigenvalue weighted by Gasteiger charge is -2.23. The number of carbonyl (C=O) groups is 3. The molecule has 0 radical (unpaired) electrons. The standard InChI is InChI=1S/C25H20N4O4S/c1-13-19(28-12-8-7-11-17(28)26-13)21(31)18-20(16-9-5-4-6-10-16)29(24(33)22(18)32)25-27-14(2)23(34-25)15(3)30/h4-12,20,31H,1-3H3/b21-18+. The minimum absolute atomic E-state index is 0.0535. The molecule has 1 aromatic carbocycles. The summed E-state index contributed by atoms with van der Waals surface area (Å²) in [6, 6.07) is 13.5. The summed E-state index contributed by atoms with van der Waals surface area (Å²) in [6.45, 7) is 4.85. The molecular formula is C25H20N4O4S. The van der Waals surface area contributed by atoms with Crippen molar-refractivity contribution in [3.8, 4) is 0 Å². The fourth-order valence-corrected chi connectivity index (χ4v) is 5.31. The number of ketones is 2. The number of pyridine rings is 1. The van der Waals surface area contributed by atoms with Crippen LogP contribution in [-0.4, -0.2) is 36.9 Å². The third-order valence-electron chi connectivity index (χ3n) is 5.80. The molecule has 34 heavy (non-hydrogen) atoms. The van der Waals surface area contributed by atoms with E-state index in [0.717, 1.165) is 11.3 Å². The Bertz CT molecular complexity index is 1520. The predicted octanol–water partition coefficient (Wildman–Crippen LogP) is 4.24. The van der Waals surface area contributed by atoms with Gasteiger partial charge >= 0.3 is 5.91 Å². The molecule has 8 nitrogen and oxygen atoms in total. The van der Waals surface area contributed by atoms with Gasteiger partial charge in [-0.15, -0.1) is 0 Å². The number of aryl methyl sites for hydroxylation is 2. The van der Waals surface area contributed by atoms with Crippen LogP contribution in [0.4, 0.5) is 5.13 Å². The maximum Gasteiger partial charge on any atom is 0.301 e. The Labute approximate surface area is 198 Å². The summed E-state index contributed by atoms with van der Waals surface area (Å²) < 4.78 is 1.68. The van der Waals surface area contributed by atoms with E-state index in [1.165, 1.54) is 11.8 Å². The SMILES string of the molecule is CC(=O)c1sc(N2C(=O)C(=O)/C(=C(/O)c3c(C)nc4ccccn34)C2c2ccccc2)nc1C. The van der Waals surface area contributed by atoms with Gasteiger partial charge in [0.25, 0.3) is 5.78 Å². The lowest BCUT2D eigenvalue weighted by atomic mass is 9.96. The molecule has 1 atom stereocenters. The van der Waals surface area contributed by atoms with Gasteiger partial charge in [0, 0.05) is 13.1 Å². The number of nitrogens with zero attached hydrogens (tertiary/aromatic N) is 4. The third-order valence-corrected chi connectivity index (χ3v) is 7.06. The highest BCUT2D eigenvalue weighted by Crippen LogP contribution is 2.44. The van der Waals surface area contributed by atoms with Crippen molar-refractivity contribution in [2.24, 2.45) is 0 Å². The van der Waals surface area contributed by atoms with Crippen LogP contribution in [-0.2, 0) is 9.59 Å². The van der Waals surface area contributed by atoms with E-state index < -0.39 is 17.7 Å². The molecule has 1 fully saturated rings. The number of hydrogen-bond acceptors (Lipinski definition) is 7. The van der Waals surface area contributed by atoms with Gasteiger partial charge in [0.05, 0.1) is 27.9 Å². The van der Waals surface area contributed by atoms with Crippen molar-refractivity contribution in [3.05, 3.63) is 87.8 Å². The van der Waals surface area contributed by atoms with E-state index in [-0.39, 0.29) is 22.2 Å². The molecule has 9 heteroatoms. The molecule has 1 unspecified atom stereocenters. The van der Waals surface area contributed by atoms with Crippen LogP contribution in [0.25, 0.3) is 11.4 Å². The summed E-state index contributed by atoms with van der Waals surface area (Å²) in [5.41, 5.74) is 2.53. The van der Waals surface area contributed by atoms with Crippen LogP contribution in [0.5, 0.6) is 0 Å². The molecule has 0 bridgehead atoms. The van der Waals surface area contributed by atoms with Crippen LogP contribution in [0.1, 0.15) is 45.3 Å². The fourth-order valence-electron chi connectivity index (χ4n) is 4.32. The van der Waals surface area contributed by atoms with Crippen molar-refractivity contribution in [1.82, 2.24) is 14.4 Å². The average molecular weight is 473 g/mol. The number of imidazole rings is 1. The van der Waals surface area contributed by atoms with Crippen LogP contribution < -0.4 is 4.90 Å². The smallest absolute Gasteiger partial charge is 0.301 e. The summed E-state index contributed by atoms with van der Waals surface area (Å²) in [5, 5.41) is 11.7. The number of aliphatic hydroxyl groups excluding tert-OH is 1. The lowest BCUT2D eigenvalue weighted by molar-refractivity contribution is -0.132. The largest absolute Gasteiger partial charge is 0.505 e. The van der Waals surface area contributed by atoms with Crippen LogP contribution in [0, 0.1) is 13.8 Å². The summed E-state index contributed by atoms with van der Waals surface area (Å²) in [7, 11) is 0. The van der Waals surface area contributed by atoms with Gasteiger partial charge in [-0.1, -0.05) is 47.7 Å². The van der Waals surface area contributed by atoms with Crippen LogP contribution in [0.3, 0.4) is 0 Å². The first-order valence-corrected chi connectivity index (χ1v) is 11.4. The first kappa shape index (κ1) is 21.7. The number of hydrogen-bond donors (Lipinski definition) is 1. The second-order valence-corrected chi connectivity index (χ2v) is 9.00. The molecule has 0 spiro atoms. The molecule has 1 saturated heterocycles. The van der Waals surface area contributed by atoms with E-state index in [0.29, 0.717) is 33.2 Å². The molecule has 170 valence electrons. The predicted molar refractivity (Wildman–Crippen MR) is 128 cm³/mol. The summed E-state index contributed by atoms with van der Waals surface area (Å²) in [6.07, 6.45) is 1.74. The summed E-state index contributed by atoms with van der Waals surface area (Å²) >= 11 is 1.06. The van der Waals surface area contributed by atoms with Crippen molar-refractivity contribution in [2.45, 2.75) is 26.8 Å². The van der Waals surface area contributed by atoms with Crippen LogP contribution >= 0.6 is 11.3 Å². The molecule has 1 aliphatic heterocycles. The Morgan fingerprint density at radius 3 is 2.38 bits per heavy atom. The van der Waals surface area contributed by atoms with Gasteiger partial charge in [-0.05, 0) is 31.5 Å². The number of Topliss-reactive ketones (excluding diaryl/α,β-unsaturated/α-hetero) is 2. The summed E-state index contributed by atoms with van der Waals surface area (Å²) in [5.74, 6) is -2.12. The number of fused-ring (bicyclic) bond motifs is 1. The first-order chi connectivity index (χ1) is 16.3. The number of thiazole rings is 1. The Balaban J connectivity index is 1.77. The van der Waals surface area contributed by atoms with Gasteiger partial charge < -0.3 is 5.11 Å². The monoisotopic (exact) mass is 472 g/mol. The number of amides is 1. The highest BCUT2D eigenvalue weighted by molar-refractivity contribution is 7.18. The number of aliphatic hydroxyl groups is 1. The van der Waals surface area contributed by atoms with E-state index in [9.17, 15) is 19.5 Å². The van der Waals surface area contributed by atoms with Gasteiger partial charge in [-0.2, -0.15) is 0 Å².